The van der Waals surface area contributed by atoms with Crippen molar-refractivity contribution in [3.63, 3.8) is 0 Å². The molecule has 3 aromatic rings. The van der Waals surface area contributed by atoms with E-state index in [9.17, 15) is 13.2 Å². The fraction of sp³-hybridized carbons (Fsp3) is 0.269. The number of aryl methyl sites for hydroxylation is 3. The molecule has 174 valence electrons. The highest BCUT2D eigenvalue weighted by molar-refractivity contribution is 7.92. The Balaban J connectivity index is 1.95. The molecule has 0 bridgehead atoms. The van der Waals surface area contributed by atoms with Gasteiger partial charge in [-0.25, -0.2) is 8.42 Å². The van der Waals surface area contributed by atoms with Gasteiger partial charge in [-0.1, -0.05) is 53.6 Å². The first-order chi connectivity index (χ1) is 15.6. The summed E-state index contributed by atoms with van der Waals surface area (Å²) in [7, 11) is -0.719. The number of benzene rings is 3. The Kier molecular flexibility index (Phi) is 7.43. The molecule has 0 fully saturated rings. The van der Waals surface area contributed by atoms with E-state index in [4.69, 9.17) is 4.74 Å². The third kappa shape index (κ3) is 5.54. The summed E-state index contributed by atoms with van der Waals surface area (Å²) in [6.45, 7) is 5.68. The van der Waals surface area contributed by atoms with Gasteiger partial charge >= 0.3 is 0 Å². The molecule has 3 aromatic carbocycles. The average Bonchev–Trinajstić information content (AvgIpc) is 2.78. The van der Waals surface area contributed by atoms with E-state index in [2.05, 4.69) is 0 Å². The largest absolute Gasteiger partial charge is 0.496 e. The van der Waals surface area contributed by atoms with Gasteiger partial charge in [-0.3, -0.25) is 9.10 Å². The summed E-state index contributed by atoms with van der Waals surface area (Å²) >= 11 is 0. The van der Waals surface area contributed by atoms with E-state index in [1.165, 1.54) is 9.21 Å². The van der Waals surface area contributed by atoms with Crippen molar-refractivity contribution in [3.8, 4) is 5.75 Å². The monoisotopic (exact) mass is 466 g/mol. The Morgan fingerprint density at radius 2 is 1.55 bits per heavy atom. The van der Waals surface area contributed by atoms with Gasteiger partial charge in [-0.2, -0.15) is 0 Å². The molecule has 33 heavy (non-hydrogen) atoms. The van der Waals surface area contributed by atoms with Crippen LogP contribution in [-0.4, -0.2) is 39.9 Å². The van der Waals surface area contributed by atoms with Crippen LogP contribution in [0.2, 0.25) is 0 Å². The van der Waals surface area contributed by atoms with Crippen molar-refractivity contribution in [1.82, 2.24) is 4.90 Å². The van der Waals surface area contributed by atoms with Crippen molar-refractivity contribution in [2.75, 3.05) is 25.0 Å². The third-order valence-electron chi connectivity index (χ3n) is 5.53. The maximum Gasteiger partial charge on any atom is 0.264 e. The summed E-state index contributed by atoms with van der Waals surface area (Å²) in [6.07, 6.45) is 0. The lowest BCUT2D eigenvalue weighted by atomic mass is 10.1. The predicted octanol–water partition coefficient (Wildman–Crippen LogP) is 4.47. The number of hydrogen-bond acceptors (Lipinski definition) is 4. The standard InChI is InChI=1S/C26H30N2O4S/c1-19-10-13-23(14-11-19)33(30,31)28(24-15-12-20(2)16-21(24)3)18-26(29)27(4)17-22-8-6-7-9-25(22)32-5/h6-16H,17-18H2,1-5H3. The topological polar surface area (TPSA) is 66.9 Å². The van der Waals surface area contributed by atoms with Crippen LogP contribution in [-0.2, 0) is 21.4 Å². The number of carbonyl (C=O) groups excluding carboxylic acids is 1. The number of nitrogens with zero attached hydrogens (tertiary/aromatic N) is 2. The van der Waals surface area contributed by atoms with E-state index in [-0.39, 0.29) is 17.3 Å². The van der Waals surface area contributed by atoms with Crippen molar-refractivity contribution in [3.05, 3.63) is 89.0 Å². The number of para-hydroxylation sites is 1. The molecule has 0 aromatic heterocycles. The van der Waals surface area contributed by atoms with Gasteiger partial charge < -0.3 is 9.64 Å². The molecule has 0 atom stereocenters. The Labute approximate surface area is 196 Å². The van der Waals surface area contributed by atoms with Gasteiger partial charge in [0.1, 0.15) is 12.3 Å². The summed E-state index contributed by atoms with van der Waals surface area (Å²) in [5.41, 5.74) is 4.09. The number of likely N-dealkylation sites (N-methyl/N-ethyl adjacent to an activating group) is 1. The van der Waals surface area contributed by atoms with Crippen LogP contribution < -0.4 is 9.04 Å². The van der Waals surface area contributed by atoms with Crippen LogP contribution in [0.3, 0.4) is 0 Å². The number of rotatable bonds is 8. The van der Waals surface area contributed by atoms with E-state index < -0.39 is 10.0 Å². The summed E-state index contributed by atoms with van der Waals surface area (Å²) in [5, 5.41) is 0. The molecule has 1 amide bonds. The molecule has 0 spiro atoms. The van der Waals surface area contributed by atoms with Gasteiger partial charge in [0.15, 0.2) is 0 Å². The lowest BCUT2D eigenvalue weighted by molar-refractivity contribution is -0.128. The van der Waals surface area contributed by atoms with E-state index in [0.717, 1.165) is 22.3 Å². The molecule has 3 rings (SSSR count). The van der Waals surface area contributed by atoms with Crippen LogP contribution in [0.4, 0.5) is 5.69 Å². The first kappa shape index (κ1) is 24.3. The number of anilines is 1. The van der Waals surface area contributed by atoms with Crippen LogP contribution in [0.15, 0.2) is 71.6 Å². The summed E-state index contributed by atoms with van der Waals surface area (Å²) < 4.78 is 33.8. The van der Waals surface area contributed by atoms with E-state index in [0.29, 0.717) is 18.0 Å². The van der Waals surface area contributed by atoms with Crippen LogP contribution in [0.25, 0.3) is 0 Å². The van der Waals surface area contributed by atoms with Gasteiger partial charge in [0.05, 0.1) is 17.7 Å². The molecule has 0 aliphatic rings. The van der Waals surface area contributed by atoms with Crippen molar-refractivity contribution >= 4 is 21.6 Å². The lowest BCUT2D eigenvalue weighted by Crippen LogP contribution is -2.41. The number of methoxy groups -OCH3 is 1. The molecular formula is C26H30N2O4S. The molecule has 0 unspecified atom stereocenters. The first-order valence-electron chi connectivity index (χ1n) is 10.7. The van der Waals surface area contributed by atoms with Gasteiger partial charge in [-0.05, 0) is 50.6 Å². The second kappa shape index (κ2) is 10.1. The van der Waals surface area contributed by atoms with Crippen molar-refractivity contribution < 1.29 is 17.9 Å². The second-order valence-corrected chi connectivity index (χ2v) is 10.0. The van der Waals surface area contributed by atoms with Gasteiger partial charge in [0.2, 0.25) is 5.91 Å². The Hall–Kier alpha value is -3.32. The van der Waals surface area contributed by atoms with E-state index >= 15 is 0 Å². The zero-order chi connectivity index (χ0) is 24.2. The molecule has 0 radical (unpaired) electrons. The smallest absolute Gasteiger partial charge is 0.264 e. The minimum Gasteiger partial charge on any atom is -0.496 e. The first-order valence-corrected chi connectivity index (χ1v) is 12.1. The number of hydrogen-bond donors (Lipinski definition) is 0. The average molecular weight is 467 g/mol. The Morgan fingerprint density at radius 3 is 2.18 bits per heavy atom. The van der Waals surface area contributed by atoms with Crippen LogP contribution >= 0.6 is 0 Å². The predicted molar refractivity (Wildman–Crippen MR) is 131 cm³/mol. The summed E-state index contributed by atoms with van der Waals surface area (Å²) in [6, 6.07) is 19.6. The normalized spacial score (nSPS) is 11.2. The molecule has 0 aliphatic carbocycles. The minimum atomic E-state index is -3.96. The maximum atomic E-state index is 13.6. The fourth-order valence-corrected chi connectivity index (χ4v) is 5.12. The number of amides is 1. The highest BCUT2D eigenvalue weighted by Crippen LogP contribution is 2.28. The summed E-state index contributed by atoms with van der Waals surface area (Å²) in [4.78, 5) is 14.9. The number of carbonyl (C=O) groups is 1. The maximum absolute atomic E-state index is 13.6. The molecule has 0 saturated carbocycles. The zero-order valence-corrected chi connectivity index (χ0v) is 20.5. The second-order valence-electron chi connectivity index (χ2n) is 8.18. The number of sulfonamides is 1. The van der Waals surface area contributed by atoms with Gasteiger partial charge in [0, 0.05) is 19.2 Å². The molecule has 0 N–H and O–H groups in total. The number of ether oxygens (including phenoxy) is 1. The van der Waals surface area contributed by atoms with Crippen molar-refractivity contribution in [2.24, 2.45) is 0 Å². The van der Waals surface area contributed by atoms with Crippen LogP contribution in [0, 0.1) is 20.8 Å². The van der Waals surface area contributed by atoms with E-state index in [1.807, 2.05) is 57.2 Å². The highest BCUT2D eigenvalue weighted by Gasteiger charge is 2.29. The fourth-order valence-electron chi connectivity index (χ4n) is 3.64. The molecule has 7 heteroatoms. The van der Waals surface area contributed by atoms with E-state index in [1.54, 1.807) is 44.5 Å². The minimum absolute atomic E-state index is 0.147. The highest BCUT2D eigenvalue weighted by atomic mass is 32.2. The zero-order valence-electron chi connectivity index (χ0n) is 19.7. The van der Waals surface area contributed by atoms with Gasteiger partial charge in [-0.15, -0.1) is 0 Å². The molecule has 0 aliphatic heterocycles. The SMILES string of the molecule is COc1ccccc1CN(C)C(=O)CN(c1ccc(C)cc1C)S(=O)(=O)c1ccc(C)cc1. The van der Waals surface area contributed by atoms with Gasteiger partial charge in [0.25, 0.3) is 10.0 Å². The Bertz CT molecular complexity index is 1240. The van der Waals surface area contributed by atoms with Crippen molar-refractivity contribution in [1.29, 1.82) is 0 Å². The van der Waals surface area contributed by atoms with Crippen molar-refractivity contribution in [2.45, 2.75) is 32.2 Å². The lowest BCUT2D eigenvalue weighted by Gasteiger charge is -2.28. The molecule has 0 heterocycles. The quantitative estimate of drug-likeness (QED) is 0.491. The van der Waals surface area contributed by atoms with Crippen LogP contribution in [0.1, 0.15) is 22.3 Å². The third-order valence-corrected chi connectivity index (χ3v) is 7.31. The van der Waals surface area contributed by atoms with Crippen LogP contribution in [0.5, 0.6) is 5.75 Å². The molecule has 6 nitrogen and oxygen atoms in total. The Morgan fingerprint density at radius 1 is 0.909 bits per heavy atom. The molecular weight excluding hydrogens is 436 g/mol. The summed E-state index contributed by atoms with van der Waals surface area (Å²) in [5.74, 6) is 0.354. The molecule has 0 saturated heterocycles.